The molecule has 1 nitrogen and oxygen atoms in total. The van der Waals surface area contributed by atoms with Gasteiger partial charge in [0.15, 0.2) is 0 Å². The summed E-state index contributed by atoms with van der Waals surface area (Å²) in [6.45, 7) is 3.48. The lowest BCUT2D eigenvalue weighted by atomic mass is 10.1. The predicted molar refractivity (Wildman–Crippen MR) is 79.1 cm³/mol. The molecule has 2 aromatic carbocycles. The number of benzene rings is 2. The maximum atomic E-state index is 14.1. The molecule has 2 rings (SSSR count). The SMILES string of the molecule is CCN(Cc1ccccc1)c1ccc(CCl)cc1F. The van der Waals surface area contributed by atoms with E-state index >= 15 is 0 Å². The van der Waals surface area contributed by atoms with Crippen LogP contribution in [0.5, 0.6) is 0 Å². The van der Waals surface area contributed by atoms with Crippen molar-refractivity contribution in [1.29, 1.82) is 0 Å². The third-order valence-electron chi connectivity index (χ3n) is 3.11. The molecule has 0 spiro atoms. The first kappa shape index (κ1) is 13.9. The summed E-state index contributed by atoms with van der Waals surface area (Å²) < 4.78 is 14.1. The third kappa shape index (κ3) is 3.48. The lowest BCUT2D eigenvalue weighted by molar-refractivity contribution is 0.616. The van der Waals surface area contributed by atoms with Crippen LogP contribution in [0, 0.1) is 5.82 Å². The number of hydrogen-bond donors (Lipinski definition) is 0. The van der Waals surface area contributed by atoms with E-state index in [0.29, 0.717) is 18.1 Å². The Balaban J connectivity index is 2.22. The molecular formula is C16H17ClFN. The average Bonchev–Trinajstić information content (AvgIpc) is 2.46. The molecule has 0 aliphatic heterocycles. The topological polar surface area (TPSA) is 3.24 Å². The molecule has 0 fully saturated rings. The molecule has 100 valence electrons. The van der Waals surface area contributed by atoms with Crippen molar-refractivity contribution in [3.8, 4) is 0 Å². The number of alkyl halides is 1. The molecule has 0 radical (unpaired) electrons. The second-order valence-electron chi connectivity index (χ2n) is 4.42. The van der Waals surface area contributed by atoms with Crippen molar-refractivity contribution < 1.29 is 4.39 Å². The monoisotopic (exact) mass is 277 g/mol. The molecule has 0 aliphatic rings. The maximum Gasteiger partial charge on any atom is 0.146 e. The summed E-state index contributed by atoms with van der Waals surface area (Å²) in [5.74, 6) is 0.123. The van der Waals surface area contributed by atoms with Crippen molar-refractivity contribution in [3.05, 3.63) is 65.5 Å². The van der Waals surface area contributed by atoms with Gasteiger partial charge in [-0.15, -0.1) is 11.6 Å². The minimum absolute atomic E-state index is 0.212. The van der Waals surface area contributed by atoms with Crippen LogP contribution in [0.15, 0.2) is 48.5 Å². The van der Waals surface area contributed by atoms with Gasteiger partial charge in [0.2, 0.25) is 0 Å². The first-order valence-electron chi connectivity index (χ1n) is 6.38. The Bertz CT molecular complexity index is 528. The van der Waals surface area contributed by atoms with Crippen LogP contribution in [0.1, 0.15) is 18.1 Å². The van der Waals surface area contributed by atoms with Crippen molar-refractivity contribution in [2.75, 3.05) is 11.4 Å². The van der Waals surface area contributed by atoms with Gasteiger partial charge < -0.3 is 4.90 Å². The van der Waals surface area contributed by atoms with E-state index in [2.05, 4.69) is 0 Å². The Kier molecular flexibility index (Phi) is 4.80. The van der Waals surface area contributed by atoms with Gasteiger partial charge in [0.05, 0.1) is 5.69 Å². The molecular weight excluding hydrogens is 261 g/mol. The van der Waals surface area contributed by atoms with Crippen LogP contribution < -0.4 is 4.90 Å². The molecule has 0 bridgehead atoms. The summed E-state index contributed by atoms with van der Waals surface area (Å²) in [7, 11) is 0. The number of rotatable bonds is 5. The highest BCUT2D eigenvalue weighted by Crippen LogP contribution is 2.23. The third-order valence-corrected chi connectivity index (χ3v) is 3.41. The van der Waals surface area contributed by atoms with Crippen molar-refractivity contribution in [3.63, 3.8) is 0 Å². The highest BCUT2D eigenvalue weighted by molar-refractivity contribution is 6.17. The summed E-state index contributed by atoms with van der Waals surface area (Å²) in [5.41, 5.74) is 2.60. The van der Waals surface area contributed by atoms with Gasteiger partial charge in [-0.05, 0) is 30.2 Å². The normalized spacial score (nSPS) is 10.5. The standard InChI is InChI=1S/C16H17ClFN/c1-2-19(12-13-6-4-3-5-7-13)16-9-8-14(11-17)10-15(16)18/h3-10H,2,11-12H2,1H3. The van der Waals surface area contributed by atoms with Crippen molar-refractivity contribution >= 4 is 17.3 Å². The van der Waals surface area contributed by atoms with Gasteiger partial charge in [0.25, 0.3) is 0 Å². The van der Waals surface area contributed by atoms with Crippen LogP contribution >= 0.6 is 11.6 Å². The zero-order valence-corrected chi connectivity index (χ0v) is 11.7. The van der Waals surface area contributed by atoms with E-state index in [1.165, 1.54) is 11.6 Å². The van der Waals surface area contributed by atoms with Gasteiger partial charge in [0.1, 0.15) is 5.82 Å². The molecule has 3 heteroatoms. The largest absolute Gasteiger partial charge is 0.365 e. The first-order chi connectivity index (χ1) is 9.24. The fourth-order valence-electron chi connectivity index (χ4n) is 2.06. The summed E-state index contributed by atoms with van der Waals surface area (Å²) in [5, 5.41) is 0. The van der Waals surface area contributed by atoms with Crippen LogP contribution in [0.4, 0.5) is 10.1 Å². The molecule has 0 amide bonds. The molecule has 0 saturated heterocycles. The lowest BCUT2D eigenvalue weighted by Crippen LogP contribution is -2.23. The Morgan fingerprint density at radius 1 is 1.05 bits per heavy atom. The van der Waals surface area contributed by atoms with Gasteiger partial charge in [0, 0.05) is 19.0 Å². The number of nitrogens with zero attached hydrogens (tertiary/aromatic N) is 1. The minimum Gasteiger partial charge on any atom is -0.365 e. The summed E-state index contributed by atoms with van der Waals surface area (Å²) in [4.78, 5) is 2.02. The quantitative estimate of drug-likeness (QED) is 0.723. The highest BCUT2D eigenvalue weighted by atomic mass is 35.5. The van der Waals surface area contributed by atoms with Crippen molar-refractivity contribution in [1.82, 2.24) is 0 Å². The fourth-order valence-corrected chi connectivity index (χ4v) is 2.23. The molecule has 0 atom stereocenters. The lowest BCUT2D eigenvalue weighted by Gasteiger charge is -2.24. The van der Waals surface area contributed by atoms with Gasteiger partial charge >= 0.3 is 0 Å². The van der Waals surface area contributed by atoms with E-state index in [1.54, 1.807) is 6.07 Å². The Labute approximate surface area is 118 Å². The minimum atomic E-state index is -0.212. The van der Waals surface area contributed by atoms with Gasteiger partial charge in [-0.2, -0.15) is 0 Å². The summed E-state index contributed by atoms with van der Waals surface area (Å²) >= 11 is 5.71. The molecule has 0 saturated carbocycles. The molecule has 0 heterocycles. The van der Waals surface area contributed by atoms with Crippen LogP contribution in [-0.2, 0) is 12.4 Å². The Morgan fingerprint density at radius 3 is 2.37 bits per heavy atom. The van der Waals surface area contributed by atoms with E-state index in [0.717, 1.165) is 12.1 Å². The number of halogens is 2. The molecule has 0 unspecified atom stereocenters. The van der Waals surface area contributed by atoms with Crippen LogP contribution in [0.3, 0.4) is 0 Å². The van der Waals surface area contributed by atoms with E-state index < -0.39 is 0 Å². The smallest absolute Gasteiger partial charge is 0.146 e. The molecule has 0 N–H and O–H groups in total. The second kappa shape index (κ2) is 6.58. The number of hydrogen-bond acceptors (Lipinski definition) is 1. The molecule has 2 aromatic rings. The second-order valence-corrected chi connectivity index (χ2v) is 4.69. The maximum absolute atomic E-state index is 14.1. The molecule has 0 aliphatic carbocycles. The average molecular weight is 278 g/mol. The first-order valence-corrected chi connectivity index (χ1v) is 6.91. The van der Waals surface area contributed by atoms with E-state index in [4.69, 9.17) is 11.6 Å². The summed E-state index contributed by atoms with van der Waals surface area (Å²) in [6, 6.07) is 15.3. The van der Waals surface area contributed by atoms with Crippen molar-refractivity contribution in [2.24, 2.45) is 0 Å². The zero-order valence-electron chi connectivity index (χ0n) is 10.9. The van der Waals surface area contributed by atoms with Gasteiger partial charge in [-0.25, -0.2) is 4.39 Å². The van der Waals surface area contributed by atoms with E-state index in [-0.39, 0.29) is 5.82 Å². The summed E-state index contributed by atoms with van der Waals surface area (Å²) in [6.07, 6.45) is 0. The van der Waals surface area contributed by atoms with Crippen molar-refractivity contribution in [2.45, 2.75) is 19.3 Å². The Morgan fingerprint density at radius 2 is 1.79 bits per heavy atom. The molecule has 19 heavy (non-hydrogen) atoms. The predicted octanol–water partition coefficient (Wildman–Crippen LogP) is 4.59. The van der Waals surface area contributed by atoms with Gasteiger partial charge in [-0.1, -0.05) is 36.4 Å². The van der Waals surface area contributed by atoms with Crippen LogP contribution in [0.25, 0.3) is 0 Å². The fraction of sp³-hybridized carbons (Fsp3) is 0.250. The molecule has 0 aromatic heterocycles. The van der Waals surface area contributed by atoms with E-state index in [9.17, 15) is 4.39 Å². The van der Waals surface area contributed by atoms with Crippen LogP contribution in [-0.4, -0.2) is 6.54 Å². The zero-order chi connectivity index (χ0) is 13.7. The van der Waals surface area contributed by atoms with Crippen LogP contribution in [0.2, 0.25) is 0 Å². The number of anilines is 1. The van der Waals surface area contributed by atoms with Gasteiger partial charge in [-0.3, -0.25) is 0 Å². The highest BCUT2D eigenvalue weighted by Gasteiger charge is 2.11. The Hall–Kier alpha value is -1.54. The van der Waals surface area contributed by atoms with E-state index in [1.807, 2.05) is 48.2 Å².